The van der Waals surface area contributed by atoms with Crippen molar-refractivity contribution >= 4 is 29.3 Å². The maximum Gasteiger partial charge on any atom is 0.334 e. The number of rotatable bonds is 6. The second-order valence-electron chi connectivity index (χ2n) is 2.94. The Bertz CT molecular complexity index is 377. The lowest BCUT2D eigenvalue weighted by atomic mass is 10.4. The zero-order chi connectivity index (χ0) is 12.0. The van der Waals surface area contributed by atoms with Crippen molar-refractivity contribution in [1.29, 1.82) is 0 Å². The predicted molar refractivity (Wildman–Crippen MR) is 65.8 cm³/mol. The number of aromatic nitrogens is 2. The monoisotopic (exact) mass is 258 g/mol. The molecule has 0 fully saturated rings. The second kappa shape index (κ2) is 6.65. The third-order valence-corrected chi connectivity index (χ3v) is 3.66. The smallest absolute Gasteiger partial charge is 0.334 e. The number of hydrogen-bond acceptors (Lipinski definition) is 6. The zero-order valence-corrected chi connectivity index (χ0v) is 11.0. The van der Waals surface area contributed by atoms with Gasteiger partial charge in [-0.15, -0.1) is 0 Å². The standard InChI is InChI=1S/C10H14N2O2S2/c1-4-8-11-10(16-12-8)15-6-7(3)9(13)14-5-2/h3-6H2,1-2H3. The largest absolute Gasteiger partial charge is 0.463 e. The van der Waals surface area contributed by atoms with Crippen molar-refractivity contribution in [3.05, 3.63) is 18.0 Å². The van der Waals surface area contributed by atoms with Gasteiger partial charge in [-0.05, 0) is 18.5 Å². The third-order valence-electron chi connectivity index (χ3n) is 1.70. The molecule has 6 heteroatoms. The molecule has 88 valence electrons. The average molecular weight is 258 g/mol. The minimum absolute atomic E-state index is 0.338. The van der Waals surface area contributed by atoms with Crippen molar-refractivity contribution in [1.82, 2.24) is 9.36 Å². The van der Waals surface area contributed by atoms with Crippen molar-refractivity contribution in [2.24, 2.45) is 0 Å². The van der Waals surface area contributed by atoms with E-state index in [0.717, 1.165) is 16.6 Å². The first kappa shape index (κ1) is 13.2. The van der Waals surface area contributed by atoms with E-state index in [0.29, 0.717) is 17.9 Å². The Morgan fingerprint density at radius 3 is 2.88 bits per heavy atom. The number of esters is 1. The van der Waals surface area contributed by atoms with Gasteiger partial charge in [0.05, 0.1) is 6.61 Å². The Labute approximate surface area is 103 Å². The molecule has 1 aromatic heterocycles. The van der Waals surface area contributed by atoms with Crippen molar-refractivity contribution in [3.63, 3.8) is 0 Å². The van der Waals surface area contributed by atoms with Crippen LogP contribution in [0.3, 0.4) is 0 Å². The van der Waals surface area contributed by atoms with Crippen LogP contribution in [0.15, 0.2) is 16.5 Å². The van der Waals surface area contributed by atoms with Crippen molar-refractivity contribution in [3.8, 4) is 0 Å². The van der Waals surface area contributed by atoms with E-state index in [9.17, 15) is 4.79 Å². The molecule has 0 radical (unpaired) electrons. The normalized spacial score (nSPS) is 10.1. The fourth-order valence-electron chi connectivity index (χ4n) is 0.881. The summed E-state index contributed by atoms with van der Waals surface area (Å²) in [4.78, 5) is 15.5. The number of hydrogen-bond donors (Lipinski definition) is 0. The molecule has 0 amide bonds. The van der Waals surface area contributed by atoms with E-state index in [1.165, 1.54) is 23.3 Å². The molecule has 0 aliphatic heterocycles. The fraction of sp³-hybridized carbons (Fsp3) is 0.500. The molecule has 0 saturated heterocycles. The van der Waals surface area contributed by atoms with Crippen molar-refractivity contribution in [2.75, 3.05) is 12.4 Å². The lowest BCUT2D eigenvalue weighted by Crippen LogP contribution is -2.08. The van der Waals surface area contributed by atoms with Gasteiger partial charge in [0, 0.05) is 17.7 Å². The predicted octanol–water partition coefficient (Wildman–Crippen LogP) is 2.31. The summed E-state index contributed by atoms with van der Waals surface area (Å²) in [5.41, 5.74) is 0.458. The molecule has 1 rings (SSSR count). The fourth-order valence-corrected chi connectivity index (χ4v) is 2.47. The van der Waals surface area contributed by atoms with Gasteiger partial charge in [0.15, 0.2) is 4.34 Å². The Morgan fingerprint density at radius 1 is 1.56 bits per heavy atom. The maximum absolute atomic E-state index is 11.3. The van der Waals surface area contributed by atoms with Gasteiger partial charge in [0.25, 0.3) is 0 Å². The van der Waals surface area contributed by atoms with E-state index >= 15 is 0 Å². The highest BCUT2D eigenvalue weighted by atomic mass is 32.2. The van der Waals surface area contributed by atoms with Crippen LogP contribution in [-0.4, -0.2) is 27.7 Å². The number of thioether (sulfide) groups is 1. The summed E-state index contributed by atoms with van der Waals surface area (Å²) in [7, 11) is 0. The molecule has 0 spiro atoms. The highest BCUT2D eigenvalue weighted by Crippen LogP contribution is 2.22. The average Bonchev–Trinajstić information content (AvgIpc) is 2.74. The third kappa shape index (κ3) is 3.94. The summed E-state index contributed by atoms with van der Waals surface area (Å²) in [6.07, 6.45) is 0.829. The summed E-state index contributed by atoms with van der Waals surface area (Å²) >= 11 is 2.81. The molecule has 0 N–H and O–H groups in total. The molecule has 0 aliphatic rings. The van der Waals surface area contributed by atoms with Crippen LogP contribution in [0.5, 0.6) is 0 Å². The summed E-state index contributed by atoms with van der Waals surface area (Å²) in [6.45, 7) is 7.84. The van der Waals surface area contributed by atoms with E-state index in [4.69, 9.17) is 4.74 Å². The first-order valence-corrected chi connectivity index (χ1v) is 6.73. The molecule has 1 heterocycles. The molecule has 0 saturated carbocycles. The molecule has 4 nitrogen and oxygen atoms in total. The Morgan fingerprint density at radius 2 is 2.31 bits per heavy atom. The van der Waals surface area contributed by atoms with E-state index < -0.39 is 0 Å². The first-order valence-electron chi connectivity index (χ1n) is 4.97. The van der Waals surface area contributed by atoms with E-state index in [2.05, 4.69) is 15.9 Å². The Kier molecular flexibility index (Phi) is 5.48. The van der Waals surface area contributed by atoms with E-state index in [1.807, 2.05) is 6.92 Å². The van der Waals surface area contributed by atoms with Gasteiger partial charge in [0.2, 0.25) is 0 Å². The SMILES string of the molecule is C=C(CSc1nc(CC)ns1)C(=O)OCC. The van der Waals surface area contributed by atoms with Crippen molar-refractivity contribution < 1.29 is 9.53 Å². The van der Waals surface area contributed by atoms with Crippen LogP contribution in [0.1, 0.15) is 19.7 Å². The minimum Gasteiger partial charge on any atom is -0.463 e. The van der Waals surface area contributed by atoms with Crippen LogP contribution in [-0.2, 0) is 16.0 Å². The lowest BCUT2D eigenvalue weighted by Gasteiger charge is -2.02. The number of carbonyl (C=O) groups excluding carboxylic acids is 1. The minimum atomic E-state index is -0.338. The van der Waals surface area contributed by atoms with Gasteiger partial charge < -0.3 is 4.74 Å². The zero-order valence-electron chi connectivity index (χ0n) is 9.36. The molecule has 1 aromatic rings. The quantitative estimate of drug-likeness (QED) is 0.445. The maximum atomic E-state index is 11.3. The van der Waals surface area contributed by atoms with Crippen molar-refractivity contribution in [2.45, 2.75) is 24.6 Å². The Hall–Kier alpha value is -0.880. The summed E-state index contributed by atoms with van der Waals surface area (Å²) in [5, 5.41) is 0. The van der Waals surface area contributed by atoms with Gasteiger partial charge in [-0.3, -0.25) is 0 Å². The molecular weight excluding hydrogens is 244 g/mol. The summed E-state index contributed by atoms with van der Waals surface area (Å²) in [5.74, 6) is 1.00. The molecule has 16 heavy (non-hydrogen) atoms. The van der Waals surface area contributed by atoms with Gasteiger partial charge in [0.1, 0.15) is 5.82 Å². The molecule has 0 unspecified atom stereocenters. The molecule has 0 bridgehead atoms. The second-order valence-corrected chi connectivity index (χ2v) is 4.92. The number of carbonyl (C=O) groups is 1. The molecular formula is C10H14N2O2S2. The lowest BCUT2D eigenvalue weighted by molar-refractivity contribution is -0.138. The van der Waals surface area contributed by atoms with Crippen LogP contribution < -0.4 is 0 Å². The van der Waals surface area contributed by atoms with Gasteiger partial charge in [-0.25, -0.2) is 9.78 Å². The number of nitrogens with zero attached hydrogens (tertiary/aromatic N) is 2. The van der Waals surface area contributed by atoms with Crippen LogP contribution >= 0.6 is 23.3 Å². The van der Waals surface area contributed by atoms with Gasteiger partial charge in [-0.1, -0.05) is 25.3 Å². The topological polar surface area (TPSA) is 52.1 Å². The molecule has 0 aromatic carbocycles. The highest BCUT2D eigenvalue weighted by Gasteiger charge is 2.10. The number of aryl methyl sites for hydroxylation is 1. The first-order chi connectivity index (χ1) is 7.67. The van der Waals surface area contributed by atoms with Crippen LogP contribution in [0, 0.1) is 0 Å². The number of ether oxygens (including phenoxy) is 1. The highest BCUT2D eigenvalue weighted by molar-refractivity contribution is 8.01. The van der Waals surface area contributed by atoms with E-state index in [-0.39, 0.29) is 5.97 Å². The molecule has 0 atom stereocenters. The van der Waals surface area contributed by atoms with Gasteiger partial charge in [-0.2, -0.15) is 4.37 Å². The molecule has 0 aliphatic carbocycles. The van der Waals surface area contributed by atoms with Gasteiger partial charge >= 0.3 is 5.97 Å². The Balaban J connectivity index is 2.39. The van der Waals surface area contributed by atoms with Crippen LogP contribution in [0.2, 0.25) is 0 Å². The van der Waals surface area contributed by atoms with Crippen LogP contribution in [0.25, 0.3) is 0 Å². The van der Waals surface area contributed by atoms with E-state index in [1.54, 1.807) is 6.92 Å². The van der Waals surface area contributed by atoms with Crippen LogP contribution in [0.4, 0.5) is 0 Å². The summed E-state index contributed by atoms with van der Waals surface area (Å²) in [6, 6.07) is 0. The summed E-state index contributed by atoms with van der Waals surface area (Å²) < 4.78 is 9.85.